The van der Waals surface area contributed by atoms with Crippen LogP contribution in [0.2, 0.25) is 5.02 Å². The van der Waals surface area contributed by atoms with Crippen LogP contribution in [0.1, 0.15) is 77.2 Å². The van der Waals surface area contributed by atoms with Crippen LogP contribution in [0, 0.1) is 22.2 Å². The molecule has 3 heterocycles. The summed E-state index contributed by atoms with van der Waals surface area (Å²) < 4.78 is 18.2. The molecule has 0 aromatic heterocycles. The second-order valence-corrected chi connectivity index (χ2v) is 16.3. The minimum absolute atomic E-state index is 0.105. The van der Waals surface area contributed by atoms with Gasteiger partial charge in [-0.1, -0.05) is 39.3 Å². The van der Waals surface area contributed by atoms with Gasteiger partial charge in [-0.05, 0) is 70.0 Å². The number of hydrogen-bond acceptors (Lipinski definition) is 8. The number of halogens is 1. The molecule has 3 saturated heterocycles. The van der Waals surface area contributed by atoms with E-state index in [1.807, 2.05) is 45.0 Å². The van der Waals surface area contributed by atoms with Crippen LogP contribution in [0.25, 0.3) is 0 Å². The Bertz CT molecular complexity index is 1560. The summed E-state index contributed by atoms with van der Waals surface area (Å²) in [5.41, 5.74) is 0.818. The van der Waals surface area contributed by atoms with E-state index in [2.05, 4.69) is 48.9 Å². The molecule has 1 spiro atoms. The second kappa shape index (κ2) is 12.4. The molecule has 48 heavy (non-hydrogen) atoms. The van der Waals surface area contributed by atoms with Gasteiger partial charge in [0.1, 0.15) is 35.4 Å². The van der Waals surface area contributed by atoms with E-state index in [1.54, 1.807) is 23.1 Å². The number of ether oxygens (including phenoxy) is 3. The van der Waals surface area contributed by atoms with Crippen LogP contribution in [0.15, 0.2) is 42.5 Å². The first-order valence-corrected chi connectivity index (χ1v) is 17.3. The number of amides is 2. The molecule has 4 aliphatic rings. The molecule has 6 rings (SSSR count). The normalized spacial score (nSPS) is 25.9. The van der Waals surface area contributed by atoms with E-state index in [4.69, 9.17) is 25.8 Å². The number of likely N-dealkylation sites (tertiary alicyclic amines) is 1. The summed E-state index contributed by atoms with van der Waals surface area (Å²) in [4.78, 5) is 32.5. The quantitative estimate of drug-likeness (QED) is 0.367. The van der Waals surface area contributed by atoms with Crippen molar-refractivity contribution in [3.63, 3.8) is 0 Å². The molecule has 1 atom stereocenters. The third-order valence-electron chi connectivity index (χ3n) is 10.6. The molecule has 1 saturated carbocycles. The van der Waals surface area contributed by atoms with Gasteiger partial charge in [0.05, 0.1) is 10.6 Å². The number of epoxide rings is 1. The van der Waals surface area contributed by atoms with Gasteiger partial charge in [-0.3, -0.25) is 9.69 Å². The predicted octanol–water partition coefficient (Wildman–Crippen LogP) is 6.07. The lowest BCUT2D eigenvalue weighted by Gasteiger charge is -2.63. The highest BCUT2D eigenvalue weighted by Crippen LogP contribution is 2.55. The first kappa shape index (κ1) is 34.3. The Morgan fingerprint density at radius 2 is 1.58 bits per heavy atom. The molecule has 1 N–H and O–H groups in total. The van der Waals surface area contributed by atoms with Crippen molar-refractivity contribution in [2.24, 2.45) is 10.8 Å². The Kier molecular flexibility index (Phi) is 8.89. The number of rotatable bonds is 6. The van der Waals surface area contributed by atoms with E-state index in [0.29, 0.717) is 35.0 Å². The highest BCUT2D eigenvalue weighted by atomic mass is 35.5. The predicted molar refractivity (Wildman–Crippen MR) is 184 cm³/mol. The van der Waals surface area contributed by atoms with Gasteiger partial charge in [0, 0.05) is 73.5 Å². The van der Waals surface area contributed by atoms with E-state index in [0.717, 1.165) is 44.7 Å². The Morgan fingerprint density at radius 3 is 2.15 bits per heavy atom. The van der Waals surface area contributed by atoms with Gasteiger partial charge in [0.2, 0.25) is 0 Å². The molecular formula is C37H48ClN5O5. The standard InChI is InChI=1S/C37H48ClN5O5/c1-34(2,3)48-33(45)43-16-14-37(15-17-43)32(47-37)42-20-18-41(19-21-42)26-11-8-24(9-12-26)29(44)40-30-35(4,5)31(36(30,6)7)46-27-13-10-25(23-39)28(38)22-27/h8-13,22,30-32H,14-21H2,1-7H3,(H,40,44). The summed E-state index contributed by atoms with van der Waals surface area (Å²) >= 11 is 6.23. The highest BCUT2D eigenvalue weighted by Gasteiger charge is 2.64. The Labute approximate surface area is 289 Å². The molecule has 258 valence electrons. The fourth-order valence-corrected chi connectivity index (χ4v) is 8.42. The zero-order chi connectivity index (χ0) is 34.6. The number of benzene rings is 2. The van der Waals surface area contributed by atoms with Gasteiger partial charge in [0.15, 0.2) is 0 Å². The number of hydrogen-bond donors (Lipinski definition) is 1. The van der Waals surface area contributed by atoms with Gasteiger partial charge >= 0.3 is 6.09 Å². The lowest BCUT2D eigenvalue weighted by atomic mass is 9.49. The smallest absolute Gasteiger partial charge is 0.410 e. The van der Waals surface area contributed by atoms with E-state index < -0.39 is 5.60 Å². The van der Waals surface area contributed by atoms with Gasteiger partial charge in [0.25, 0.3) is 5.91 Å². The molecule has 1 unspecified atom stereocenters. The average Bonchev–Trinajstić information content (AvgIpc) is 3.74. The van der Waals surface area contributed by atoms with Gasteiger partial charge in [-0.15, -0.1) is 0 Å². The van der Waals surface area contributed by atoms with Gasteiger partial charge < -0.3 is 29.3 Å². The van der Waals surface area contributed by atoms with Crippen LogP contribution in [-0.4, -0.2) is 90.6 Å². The molecule has 3 aliphatic heterocycles. The topological polar surface area (TPSA) is 111 Å². The van der Waals surface area contributed by atoms with Crippen LogP contribution in [0.4, 0.5) is 10.5 Å². The van der Waals surface area contributed by atoms with Crippen LogP contribution in [-0.2, 0) is 9.47 Å². The number of anilines is 1. The molecule has 2 amide bonds. The fraction of sp³-hybridized carbons (Fsp3) is 0.595. The maximum Gasteiger partial charge on any atom is 0.410 e. The molecule has 11 heteroatoms. The second-order valence-electron chi connectivity index (χ2n) is 15.9. The van der Waals surface area contributed by atoms with E-state index in [9.17, 15) is 14.9 Å². The highest BCUT2D eigenvalue weighted by molar-refractivity contribution is 6.31. The fourth-order valence-electron chi connectivity index (χ4n) is 8.20. The lowest BCUT2D eigenvalue weighted by Crippen LogP contribution is -2.74. The summed E-state index contributed by atoms with van der Waals surface area (Å²) in [5, 5.41) is 12.8. The Balaban J connectivity index is 0.981. The number of piperazine rings is 1. The van der Waals surface area contributed by atoms with Crippen molar-refractivity contribution >= 4 is 29.3 Å². The average molecular weight is 678 g/mol. The van der Waals surface area contributed by atoms with E-state index in [1.165, 1.54) is 0 Å². The van der Waals surface area contributed by atoms with Crippen molar-refractivity contribution in [2.45, 2.75) is 90.9 Å². The molecule has 1 aliphatic carbocycles. The Morgan fingerprint density at radius 1 is 0.958 bits per heavy atom. The van der Waals surface area contributed by atoms with Crippen molar-refractivity contribution < 1.29 is 23.8 Å². The summed E-state index contributed by atoms with van der Waals surface area (Å²) in [7, 11) is 0. The zero-order valence-electron chi connectivity index (χ0n) is 29.1. The third kappa shape index (κ3) is 6.57. The van der Waals surface area contributed by atoms with E-state index >= 15 is 0 Å². The number of piperidine rings is 1. The van der Waals surface area contributed by atoms with E-state index in [-0.39, 0.29) is 46.8 Å². The molecule has 0 bridgehead atoms. The summed E-state index contributed by atoms with van der Waals surface area (Å²) in [6.45, 7) is 18.9. The monoisotopic (exact) mass is 677 g/mol. The number of carbonyl (C=O) groups is 2. The van der Waals surface area contributed by atoms with Crippen molar-refractivity contribution in [1.29, 1.82) is 5.26 Å². The lowest BCUT2D eigenvalue weighted by molar-refractivity contribution is -0.164. The number of nitrogens with zero attached hydrogens (tertiary/aromatic N) is 4. The molecule has 10 nitrogen and oxygen atoms in total. The van der Waals surface area contributed by atoms with Crippen molar-refractivity contribution in [3.8, 4) is 11.8 Å². The maximum atomic E-state index is 13.4. The molecule has 2 aromatic carbocycles. The van der Waals surface area contributed by atoms with Gasteiger partial charge in [-0.25, -0.2) is 4.79 Å². The summed E-state index contributed by atoms with van der Waals surface area (Å²) in [6, 6.07) is 14.9. The van der Waals surface area contributed by atoms with Crippen LogP contribution >= 0.6 is 11.6 Å². The third-order valence-corrected chi connectivity index (χ3v) is 10.9. The summed E-state index contributed by atoms with van der Waals surface area (Å²) in [5.74, 6) is 0.502. The SMILES string of the molecule is CC(C)(C)OC(=O)N1CCC2(CC1)OC2N1CCN(c2ccc(C(=O)NC3C(C)(C)C(Oc4ccc(C#N)c(Cl)c4)C3(C)C)cc2)CC1. The summed E-state index contributed by atoms with van der Waals surface area (Å²) in [6.07, 6.45) is 1.36. The minimum Gasteiger partial charge on any atom is -0.489 e. The van der Waals surface area contributed by atoms with Crippen LogP contribution < -0.4 is 15.0 Å². The zero-order valence-corrected chi connectivity index (χ0v) is 29.9. The van der Waals surface area contributed by atoms with Crippen molar-refractivity contribution in [1.82, 2.24) is 15.1 Å². The first-order chi connectivity index (χ1) is 22.5. The van der Waals surface area contributed by atoms with Crippen LogP contribution in [0.5, 0.6) is 5.75 Å². The van der Waals surface area contributed by atoms with Crippen LogP contribution in [0.3, 0.4) is 0 Å². The number of nitriles is 1. The Hall–Kier alpha value is -3.52. The molecule has 4 fully saturated rings. The minimum atomic E-state index is -0.493. The molecule has 0 radical (unpaired) electrons. The first-order valence-electron chi connectivity index (χ1n) is 17.0. The maximum absolute atomic E-state index is 13.4. The molecule has 2 aromatic rings. The van der Waals surface area contributed by atoms with Crippen molar-refractivity contribution in [3.05, 3.63) is 58.6 Å². The number of carbonyl (C=O) groups excluding carboxylic acids is 2. The van der Waals surface area contributed by atoms with Crippen molar-refractivity contribution in [2.75, 3.05) is 44.2 Å². The van der Waals surface area contributed by atoms with Gasteiger partial charge in [-0.2, -0.15) is 5.26 Å². The number of nitrogens with one attached hydrogen (secondary N) is 1. The molecular weight excluding hydrogens is 630 g/mol. The largest absolute Gasteiger partial charge is 0.489 e.